The van der Waals surface area contributed by atoms with E-state index in [9.17, 15) is 4.79 Å². The molecule has 0 aromatic heterocycles. The lowest BCUT2D eigenvalue weighted by molar-refractivity contribution is -0.121. The van der Waals surface area contributed by atoms with Crippen LogP contribution in [-0.2, 0) is 4.79 Å². The van der Waals surface area contributed by atoms with Crippen LogP contribution in [0.4, 0.5) is 0 Å². The minimum Gasteiger partial charge on any atom is -0.374 e. The van der Waals surface area contributed by atoms with Crippen molar-refractivity contribution in [1.29, 1.82) is 0 Å². The first-order chi connectivity index (χ1) is 7.59. The smallest absolute Gasteiger partial charge is 0.136 e. The van der Waals surface area contributed by atoms with Gasteiger partial charge >= 0.3 is 0 Å². The third-order valence-corrected chi connectivity index (χ3v) is 3.45. The molecule has 3 nitrogen and oxygen atoms in total. The third kappa shape index (κ3) is 5.15. The van der Waals surface area contributed by atoms with Crippen molar-refractivity contribution in [3.05, 3.63) is 22.6 Å². The van der Waals surface area contributed by atoms with Gasteiger partial charge in [-0.25, -0.2) is 0 Å². The molecule has 1 saturated heterocycles. The SMILES string of the molecule is CC(=CSC=CC(N)P)N1CCC(=O)CC1. The molecule has 0 bridgehead atoms. The normalized spacial score (nSPS) is 20.6. The third-order valence-electron chi connectivity index (χ3n) is 2.44. The van der Waals surface area contributed by atoms with Gasteiger partial charge in [0, 0.05) is 37.4 Å². The maximum absolute atomic E-state index is 11.1. The number of ketones is 1. The van der Waals surface area contributed by atoms with Crippen molar-refractivity contribution in [2.45, 2.75) is 25.5 Å². The van der Waals surface area contributed by atoms with Crippen LogP contribution in [0.3, 0.4) is 0 Å². The minimum absolute atomic E-state index is 0.0221. The quantitative estimate of drug-likeness (QED) is 0.783. The lowest BCUT2D eigenvalue weighted by Crippen LogP contribution is -2.32. The van der Waals surface area contributed by atoms with Crippen LogP contribution in [0.2, 0.25) is 0 Å². The summed E-state index contributed by atoms with van der Waals surface area (Å²) in [4.78, 5) is 13.3. The van der Waals surface area contributed by atoms with Crippen molar-refractivity contribution < 1.29 is 4.79 Å². The van der Waals surface area contributed by atoms with E-state index in [4.69, 9.17) is 5.73 Å². The number of thioether (sulfide) groups is 1. The summed E-state index contributed by atoms with van der Waals surface area (Å²) in [6.07, 6.45) is 3.29. The highest BCUT2D eigenvalue weighted by atomic mass is 32.2. The zero-order chi connectivity index (χ0) is 12.0. The average Bonchev–Trinajstić information content (AvgIpc) is 2.25. The second-order valence-corrected chi connectivity index (χ2v) is 5.38. The summed E-state index contributed by atoms with van der Waals surface area (Å²) in [5.74, 6) is 0.402. The molecule has 5 heteroatoms. The molecule has 90 valence electrons. The summed E-state index contributed by atoms with van der Waals surface area (Å²) < 4.78 is 0. The molecule has 1 aliphatic heterocycles. The van der Waals surface area contributed by atoms with Gasteiger partial charge in [0.25, 0.3) is 0 Å². The van der Waals surface area contributed by atoms with E-state index in [1.807, 2.05) is 11.5 Å². The summed E-state index contributed by atoms with van der Waals surface area (Å²) in [5, 5.41) is 4.08. The summed E-state index contributed by atoms with van der Waals surface area (Å²) in [5.41, 5.74) is 6.78. The number of rotatable bonds is 4. The van der Waals surface area contributed by atoms with Gasteiger partial charge in [0.05, 0.1) is 0 Å². The van der Waals surface area contributed by atoms with Gasteiger partial charge in [0.1, 0.15) is 5.78 Å². The Bertz CT molecular complexity index is 292. The number of hydrogen-bond acceptors (Lipinski definition) is 4. The zero-order valence-electron chi connectivity index (χ0n) is 9.56. The van der Waals surface area contributed by atoms with E-state index in [-0.39, 0.29) is 5.78 Å². The maximum Gasteiger partial charge on any atom is 0.136 e. The molecule has 1 rings (SSSR count). The Kier molecular flexibility index (Phi) is 6.10. The van der Waals surface area contributed by atoms with E-state index in [1.165, 1.54) is 5.70 Å². The lowest BCUT2D eigenvalue weighted by atomic mass is 10.1. The van der Waals surface area contributed by atoms with Crippen LogP contribution in [-0.4, -0.2) is 29.6 Å². The van der Waals surface area contributed by atoms with E-state index < -0.39 is 0 Å². The van der Waals surface area contributed by atoms with Crippen molar-refractivity contribution in [1.82, 2.24) is 4.90 Å². The Hall–Kier alpha value is -0.310. The molecule has 0 spiro atoms. The van der Waals surface area contributed by atoms with Gasteiger partial charge in [-0.3, -0.25) is 4.79 Å². The van der Waals surface area contributed by atoms with Crippen LogP contribution in [0, 0.1) is 0 Å². The van der Waals surface area contributed by atoms with Crippen LogP contribution in [0.1, 0.15) is 19.8 Å². The lowest BCUT2D eigenvalue weighted by Gasteiger charge is -2.28. The number of allylic oxidation sites excluding steroid dienone is 1. The molecule has 1 aliphatic rings. The first kappa shape index (κ1) is 13.8. The molecule has 0 aliphatic carbocycles. The van der Waals surface area contributed by atoms with Gasteiger partial charge in [-0.1, -0.05) is 6.08 Å². The molecule has 2 N–H and O–H groups in total. The monoisotopic (exact) mass is 258 g/mol. The number of hydrogen-bond donors (Lipinski definition) is 1. The Labute approximate surface area is 104 Å². The number of nitrogens with two attached hydrogens (primary N) is 1. The number of likely N-dealkylation sites (tertiary alicyclic amines) is 1. The second-order valence-electron chi connectivity index (χ2n) is 3.83. The van der Waals surface area contributed by atoms with Gasteiger partial charge in [0.2, 0.25) is 0 Å². The molecule has 2 atom stereocenters. The van der Waals surface area contributed by atoms with Crippen molar-refractivity contribution in [3.8, 4) is 0 Å². The number of Topliss-reactive ketones (excluding diaryl/α,β-unsaturated/α-hetero) is 1. The van der Waals surface area contributed by atoms with Crippen molar-refractivity contribution in [2.24, 2.45) is 5.73 Å². The highest BCUT2D eigenvalue weighted by Gasteiger charge is 2.15. The fraction of sp³-hybridized carbons (Fsp3) is 0.545. The fourth-order valence-electron chi connectivity index (χ4n) is 1.46. The molecule has 1 heterocycles. The van der Waals surface area contributed by atoms with Crippen molar-refractivity contribution >= 4 is 26.8 Å². The van der Waals surface area contributed by atoms with Gasteiger partial charge in [-0.05, 0) is 17.7 Å². The molecule has 0 amide bonds. The molecule has 0 aromatic carbocycles. The molecule has 0 aromatic rings. The fourth-order valence-corrected chi connectivity index (χ4v) is 2.43. The van der Waals surface area contributed by atoms with Crippen molar-refractivity contribution in [3.63, 3.8) is 0 Å². The Morgan fingerprint density at radius 3 is 2.75 bits per heavy atom. The Morgan fingerprint density at radius 1 is 1.56 bits per heavy atom. The first-order valence-electron chi connectivity index (χ1n) is 5.36. The average molecular weight is 258 g/mol. The molecule has 1 fully saturated rings. The van der Waals surface area contributed by atoms with Crippen molar-refractivity contribution in [2.75, 3.05) is 13.1 Å². The van der Waals surface area contributed by atoms with Crippen LogP contribution in [0.5, 0.6) is 0 Å². The number of carbonyl (C=O) groups is 1. The van der Waals surface area contributed by atoms with Crippen LogP contribution in [0.25, 0.3) is 0 Å². The predicted octanol–water partition coefficient (Wildman–Crippen LogP) is 1.92. The van der Waals surface area contributed by atoms with E-state index in [1.54, 1.807) is 11.8 Å². The van der Waals surface area contributed by atoms with Gasteiger partial charge in [-0.2, -0.15) is 0 Å². The molecular weight excluding hydrogens is 239 g/mol. The van der Waals surface area contributed by atoms with Gasteiger partial charge in [-0.15, -0.1) is 21.0 Å². The number of nitrogens with zero attached hydrogens (tertiary/aromatic N) is 1. The van der Waals surface area contributed by atoms with E-state index >= 15 is 0 Å². The zero-order valence-corrected chi connectivity index (χ0v) is 11.5. The summed E-state index contributed by atoms with van der Waals surface area (Å²) >= 11 is 1.62. The van der Waals surface area contributed by atoms with E-state index in [0.29, 0.717) is 18.6 Å². The molecule has 16 heavy (non-hydrogen) atoms. The molecular formula is C11H19N2OPS. The van der Waals surface area contributed by atoms with Crippen LogP contribution < -0.4 is 5.73 Å². The molecule has 0 radical (unpaired) electrons. The molecule has 2 unspecified atom stereocenters. The van der Waals surface area contributed by atoms with E-state index in [0.717, 1.165) is 13.1 Å². The summed E-state index contributed by atoms with van der Waals surface area (Å²) in [6.45, 7) is 3.79. The minimum atomic E-state index is 0.0221. The van der Waals surface area contributed by atoms with Crippen LogP contribution in [0.15, 0.2) is 22.6 Å². The predicted molar refractivity (Wildman–Crippen MR) is 74.0 cm³/mol. The molecule has 0 saturated carbocycles. The second kappa shape index (κ2) is 7.10. The largest absolute Gasteiger partial charge is 0.374 e. The highest BCUT2D eigenvalue weighted by Crippen LogP contribution is 2.16. The Morgan fingerprint density at radius 2 is 2.19 bits per heavy atom. The number of carbonyl (C=O) groups excluding carboxylic acids is 1. The van der Waals surface area contributed by atoms with Crippen LogP contribution >= 0.6 is 21.0 Å². The first-order valence-corrected chi connectivity index (χ1v) is 6.97. The van der Waals surface area contributed by atoms with Gasteiger partial charge < -0.3 is 10.6 Å². The topological polar surface area (TPSA) is 46.3 Å². The Balaban J connectivity index is 2.35. The highest BCUT2D eigenvalue weighted by molar-refractivity contribution is 8.04. The number of piperidine rings is 1. The summed E-state index contributed by atoms with van der Waals surface area (Å²) in [6, 6.07) is 0. The van der Waals surface area contributed by atoms with E-state index in [2.05, 4.69) is 26.5 Å². The maximum atomic E-state index is 11.1. The standard InChI is InChI=1S/C11H19N2OPS/c1-9(8-16-7-4-11(12)15)13-5-2-10(14)3-6-13/h4,7-8,11H,2-3,5-6,12,15H2,1H3. The summed E-state index contributed by atoms with van der Waals surface area (Å²) in [7, 11) is 2.52. The van der Waals surface area contributed by atoms with Gasteiger partial charge in [0.15, 0.2) is 0 Å².